The minimum Gasteiger partial charge on any atom is -0.466 e. The molecule has 0 spiro atoms. The van der Waals surface area contributed by atoms with Crippen LogP contribution in [0.3, 0.4) is 0 Å². The Morgan fingerprint density at radius 2 is 1.84 bits per heavy atom. The van der Waals surface area contributed by atoms with Crippen LogP contribution in [0.2, 0.25) is 0 Å². The lowest BCUT2D eigenvalue weighted by Crippen LogP contribution is -2.31. The highest BCUT2D eigenvalue weighted by Gasteiger charge is 2.17. The van der Waals surface area contributed by atoms with E-state index in [2.05, 4.69) is 15.8 Å². The van der Waals surface area contributed by atoms with Gasteiger partial charge in [-0.1, -0.05) is 60.6 Å². The third-order valence-electron chi connectivity index (χ3n) is 4.84. The summed E-state index contributed by atoms with van der Waals surface area (Å²) >= 11 is 0. The summed E-state index contributed by atoms with van der Waals surface area (Å²) in [6.45, 7) is 4.31. The van der Waals surface area contributed by atoms with Gasteiger partial charge in [0.25, 0.3) is 0 Å². The van der Waals surface area contributed by atoms with Crippen molar-refractivity contribution >= 4 is 23.6 Å². The van der Waals surface area contributed by atoms with Gasteiger partial charge in [-0.25, -0.2) is 0 Å². The predicted molar refractivity (Wildman–Crippen MR) is 121 cm³/mol. The van der Waals surface area contributed by atoms with Gasteiger partial charge in [0.2, 0.25) is 5.88 Å². The number of hydrogen-bond donors (Lipinski definition) is 3. The van der Waals surface area contributed by atoms with E-state index >= 15 is 0 Å². The van der Waals surface area contributed by atoms with Crippen molar-refractivity contribution < 1.29 is 18.8 Å². The number of carbonyl (C=O) groups excluding carboxylic acids is 2. The fourth-order valence-electron chi connectivity index (χ4n) is 3.12. The summed E-state index contributed by atoms with van der Waals surface area (Å²) in [5.74, 6) is -0.193. The number of hydrogen-bond acceptors (Lipinski definition) is 6. The lowest BCUT2D eigenvalue weighted by molar-refractivity contribution is -0.142. The summed E-state index contributed by atoms with van der Waals surface area (Å²) in [5.41, 5.74) is 2.83. The average Bonchev–Trinajstić information content (AvgIpc) is 3.27. The van der Waals surface area contributed by atoms with E-state index in [0.29, 0.717) is 29.3 Å². The van der Waals surface area contributed by atoms with Crippen molar-refractivity contribution in [3.63, 3.8) is 0 Å². The Morgan fingerprint density at radius 3 is 2.59 bits per heavy atom. The van der Waals surface area contributed by atoms with Gasteiger partial charge in [-0.2, -0.15) is 0 Å². The Hall–Kier alpha value is -3.94. The predicted octanol–water partition coefficient (Wildman–Crippen LogP) is 3.95. The Bertz CT molecular complexity index is 1080. The minimum atomic E-state index is -0.323. The van der Waals surface area contributed by atoms with E-state index in [4.69, 9.17) is 14.7 Å². The number of carbonyl (C=O) groups is 2. The zero-order valence-electron chi connectivity index (χ0n) is 18.1. The van der Waals surface area contributed by atoms with Crippen molar-refractivity contribution in [1.82, 2.24) is 10.5 Å². The zero-order valence-corrected chi connectivity index (χ0v) is 18.1. The Balaban J connectivity index is 1.61. The SMILES string of the molecule is CCOC(=O)CCNC(=N)Nc1cc(C(C)c2cccc(C(=O)c3ccccc3)c2)no1. The highest BCUT2D eigenvalue weighted by Crippen LogP contribution is 2.26. The molecular weight excluding hydrogens is 408 g/mol. The normalized spacial score (nSPS) is 11.4. The van der Waals surface area contributed by atoms with Gasteiger partial charge < -0.3 is 14.6 Å². The molecule has 166 valence electrons. The number of benzene rings is 2. The topological polar surface area (TPSA) is 117 Å². The number of aromatic nitrogens is 1. The maximum absolute atomic E-state index is 12.7. The Kier molecular flexibility index (Phi) is 7.75. The number of ether oxygens (including phenoxy) is 1. The van der Waals surface area contributed by atoms with Gasteiger partial charge in [0.05, 0.1) is 18.7 Å². The van der Waals surface area contributed by atoms with Crippen LogP contribution in [-0.4, -0.2) is 36.0 Å². The quantitative estimate of drug-likeness (QED) is 0.202. The third kappa shape index (κ3) is 6.04. The van der Waals surface area contributed by atoms with E-state index in [9.17, 15) is 9.59 Å². The molecule has 0 aliphatic rings. The summed E-state index contributed by atoms with van der Waals surface area (Å²) in [6.07, 6.45) is 0.161. The van der Waals surface area contributed by atoms with Gasteiger partial charge in [-0.05, 0) is 18.6 Å². The molecule has 0 amide bonds. The first-order valence-electron chi connectivity index (χ1n) is 10.4. The number of esters is 1. The molecule has 3 N–H and O–H groups in total. The van der Waals surface area contributed by atoms with E-state index in [1.54, 1.807) is 31.2 Å². The lowest BCUT2D eigenvalue weighted by atomic mass is 9.94. The van der Waals surface area contributed by atoms with Gasteiger partial charge in [-0.3, -0.25) is 20.3 Å². The molecule has 0 aliphatic heterocycles. The van der Waals surface area contributed by atoms with Crippen LogP contribution in [0.4, 0.5) is 5.88 Å². The molecule has 0 radical (unpaired) electrons. The molecule has 3 rings (SSSR count). The summed E-state index contributed by atoms with van der Waals surface area (Å²) < 4.78 is 10.1. The van der Waals surface area contributed by atoms with Crippen LogP contribution in [0.1, 0.15) is 53.4 Å². The summed E-state index contributed by atoms with van der Waals surface area (Å²) in [5, 5.41) is 17.5. The van der Waals surface area contributed by atoms with Crippen LogP contribution in [0.15, 0.2) is 65.2 Å². The van der Waals surface area contributed by atoms with E-state index in [0.717, 1.165) is 5.56 Å². The first-order chi connectivity index (χ1) is 15.5. The number of guanidine groups is 1. The second-order valence-corrected chi connectivity index (χ2v) is 7.14. The first kappa shape index (κ1) is 22.7. The number of nitrogens with zero attached hydrogens (tertiary/aromatic N) is 1. The van der Waals surface area contributed by atoms with E-state index in [-0.39, 0.29) is 36.6 Å². The standard InChI is InChI=1S/C24H26N4O4/c1-3-31-22(29)12-13-26-24(25)27-21-15-20(28-32-21)16(2)18-10-7-11-19(14-18)23(30)17-8-5-4-6-9-17/h4-11,14-16H,3,12-13H2,1-2H3,(H3,25,26,27). The second-order valence-electron chi connectivity index (χ2n) is 7.14. The fourth-order valence-corrected chi connectivity index (χ4v) is 3.12. The number of ketones is 1. The number of nitrogens with one attached hydrogen (secondary N) is 3. The average molecular weight is 434 g/mol. The zero-order chi connectivity index (χ0) is 22.9. The molecule has 0 aliphatic carbocycles. The minimum absolute atomic E-state index is 0.0138. The van der Waals surface area contributed by atoms with Crippen molar-refractivity contribution in [2.24, 2.45) is 0 Å². The highest BCUT2D eigenvalue weighted by molar-refractivity contribution is 6.09. The maximum atomic E-state index is 12.7. The van der Waals surface area contributed by atoms with Gasteiger partial charge in [0.1, 0.15) is 0 Å². The molecule has 32 heavy (non-hydrogen) atoms. The maximum Gasteiger partial charge on any atom is 0.307 e. The summed E-state index contributed by atoms with van der Waals surface area (Å²) in [7, 11) is 0. The molecular formula is C24H26N4O4. The van der Waals surface area contributed by atoms with Crippen LogP contribution in [0, 0.1) is 5.41 Å². The van der Waals surface area contributed by atoms with Gasteiger partial charge in [-0.15, -0.1) is 0 Å². The fraction of sp³-hybridized carbons (Fsp3) is 0.250. The van der Waals surface area contributed by atoms with Crippen LogP contribution in [0.5, 0.6) is 0 Å². The smallest absolute Gasteiger partial charge is 0.307 e. The van der Waals surface area contributed by atoms with Crippen molar-refractivity contribution in [3.8, 4) is 0 Å². The number of anilines is 1. The molecule has 8 nitrogen and oxygen atoms in total. The molecule has 8 heteroatoms. The van der Waals surface area contributed by atoms with Crippen LogP contribution in [-0.2, 0) is 9.53 Å². The summed E-state index contributed by atoms with van der Waals surface area (Å²) in [6, 6.07) is 18.3. The molecule has 1 heterocycles. The first-order valence-corrected chi connectivity index (χ1v) is 10.4. The van der Waals surface area contributed by atoms with Crippen LogP contribution >= 0.6 is 0 Å². The van der Waals surface area contributed by atoms with Crippen molar-refractivity contribution in [2.75, 3.05) is 18.5 Å². The number of rotatable bonds is 9. The largest absolute Gasteiger partial charge is 0.466 e. The molecule has 2 aromatic carbocycles. The Morgan fingerprint density at radius 1 is 1.09 bits per heavy atom. The molecule has 1 unspecified atom stereocenters. The van der Waals surface area contributed by atoms with E-state index < -0.39 is 0 Å². The van der Waals surface area contributed by atoms with Crippen LogP contribution < -0.4 is 10.6 Å². The second kappa shape index (κ2) is 10.9. The van der Waals surface area contributed by atoms with Gasteiger partial charge >= 0.3 is 5.97 Å². The van der Waals surface area contributed by atoms with Gasteiger partial charge in [0, 0.05) is 29.7 Å². The Labute approximate surface area is 186 Å². The van der Waals surface area contributed by atoms with Crippen molar-refractivity contribution in [3.05, 3.63) is 83.0 Å². The molecule has 0 saturated carbocycles. The van der Waals surface area contributed by atoms with Crippen LogP contribution in [0.25, 0.3) is 0 Å². The van der Waals surface area contributed by atoms with Crippen molar-refractivity contribution in [2.45, 2.75) is 26.2 Å². The molecule has 0 bridgehead atoms. The molecule has 3 aromatic rings. The molecule has 1 atom stereocenters. The highest BCUT2D eigenvalue weighted by atomic mass is 16.5. The van der Waals surface area contributed by atoms with Crippen molar-refractivity contribution in [1.29, 1.82) is 5.41 Å². The summed E-state index contributed by atoms with van der Waals surface area (Å²) in [4.78, 5) is 24.1. The lowest BCUT2D eigenvalue weighted by Gasteiger charge is -2.10. The third-order valence-corrected chi connectivity index (χ3v) is 4.84. The molecule has 0 fully saturated rings. The molecule has 1 aromatic heterocycles. The molecule has 0 saturated heterocycles. The monoisotopic (exact) mass is 434 g/mol. The van der Waals surface area contributed by atoms with E-state index in [1.807, 2.05) is 43.3 Å². The van der Waals surface area contributed by atoms with E-state index in [1.165, 1.54) is 0 Å². The van der Waals surface area contributed by atoms with Gasteiger partial charge in [0.15, 0.2) is 11.7 Å².